The van der Waals surface area contributed by atoms with Crippen LogP contribution in [-0.4, -0.2) is 14.3 Å². The molecule has 8 heteroatoms. The zero-order chi connectivity index (χ0) is 12.3. The van der Waals surface area contributed by atoms with E-state index in [1.165, 1.54) is 17.8 Å². The van der Waals surface area contributed by atoms with E-state index in [1.54, 1.807) is 0 Å². The SMILES string of the molecule is CC(=O)Nc1ccc(S(=O)(=O)NN)c(F)c1. The molecule has 0 saturated heterocycles. The molecule has 0 spiro atoms. The van der Waals surface area contributed by atoms with Crippen molar-refractivity contribution in [3.63, 3.8) is 0 Å². The second kappa shape index (κ2) is 4.56. The van der Waals surface area contributed by atoms with Crippen LogP contribution in [-0.2, 0) is 14.8 Å². The molecule has 0 unspecified atom stereocenters. The second-order valence-corrected chi connectivity index (χ2v) is 4.63. The molecule has 0 aliphatic rings. The molecule has 1 rings (SSSR count). The van der Waals surface area contributed by atoms with Gasteiger partial charge in [0.25, 0.3) is 10.0 Å². The Hall–Kier alpha value is -1.51. The number of carbonyl (C=O) groups is 1. The molecule has 0 radical (unpaired) electrons. The fraction of sp³-hybridized carbons (Fsp3) is 0.125. The maximum Gasteiger partial charge on any atom is 0.255 e. The summed E-state index contributed by atoms with van der Waals surface area (Å²) in [6, 6.07) is 3.16. The Labute approximate surface area is 91.7 Å². The molecule has 0 heterocycles. The van der Waals surface area contributed by atoms with Crippen molar-refractivity contribution in [3.8, 4) is 0 Å². The highest BCUT2D eigenvalue weighted by Gasteiger charge is 2.17. The Morgan fingerprint density at radius 3 is 2.50 bits per heavy atom. The average molecular weight is 247 g/mol. The van der Waals surface area contributed by atoms with E-state index in [4.69, 9.17) is 5.84 Å². The molecule has 6 nitrogen and oxygen atoms in total. The van der Waals surface area contributed by atoms with E-state index in [0.717, 1.165) is 12.1 Å². The molecule has 0 aromatic heterocycles. The van der Waals surface area contributed by atoms with Crippen LogP contribution in [0.3, 0.4) is 0 Å². The van der Waals surface area contributed by atoms with Crippen LogP contribution in [0.5, 0.6) is 0 Å². The molecule has 0 bridgehead atoms. The summed E-state index contributed by atoms with van der Waals surface area (Å²) in [7, 11) is -4.03. The van der Waals surface area contributed by atoms with E-state index < -0.39 is 20.7 Å². The summed E-state index contributed by atoms with van der Waals surface area (Å²) in [6.07, 6.45) is 0. The number of sulfonamides is 1. The minimum Gasteiger partial charge on any atom is -0.326 e. The van der Waals surface area contributed by atoms with Gasteiger partial charge in [0.2, 0.25) is 5.91 Å². The minimum atomic E-state index is -4.03. The first-order valence-corrected chi connectivity index (χ1v) is 5.64. The second-order valence-electron chi connectivity index (χ2n) is 2.95. The molecular weight excluding hydrogens is 237 g/mol. The van der Waals surface area contributed by atoms with E-state index in [2.05, 4.69) is 5.32 Å². The van der Waals surface area contributed by atoms with Gasteiger partial charge < -0.3 is 5.32 Å². The normalized spacial score (nSPS) is 11.2. The molecule has 88 valence electrons. The maximum absolute atomic E-state index is 13.4. The number of anilines is 1. The number of benzene rings is 1. The number of halogens is 1. The van der Waals surface area contributed by atoms with Crippen molar-refractivity contribution in [1.82, 2.24) is 4.83 Å². The number of hydrogen-bond acceptors (Lipinski definition) is 4. The number of nitrogens with one attached hydrogen (secondary N) is 2. The van der Waals surface area contributed by atoms with Crippen molar-refractivity contribution in [2.75, 3.05) is 5.32 Å². The van der Waals surface area contributed by atoms with Crippen molar-refractivity contribution < 1.29 is 17.6 Å². The van der Waals surface area contributed by atoms with Gasteiger partial charge in [-0.1, -0.05) is 0 Å². The third-order valence-electron chi connectivity index (χ3n) is 1.70. The number of amides is 1. The summed E-state index contributed by atoms with van der Waals surface area (Å²) in [6.45, 7) is 1.25. The van der Waals surface area contributed by atoms with E-state index in [9.17, 15) is 17.6 Å². The Morgan fingerprint density at radius 2 is 2.06 bits per heavy atom. The quantitative estimate of drug-likeness (QED) is 0.514. The number of rotatable bonds is 3. The average Bonchev–Trinajstić information content (AvgIpc) is 2.16. The van der Waals surface area contributed by atoms with Crippen LogP contribution < -0.4 is 16.0 Å². The van der Waals surface area contributed by atoms with Crippen LogP contribution in [0.2, 0.25) is 0 Å². The first kappa shape index (κ1) is 12.6. The zero-order valence-electron chi connectivity index (χ0n) is 8.32. The van der Waals surface area contributed by atoms with E-state index in [-0.39, 0.29) is 11.6 Å². The maximum atomic E-state index is 13.4. The van der Waals surface area contributed by atoms with Gasteiger partial charge in [-0.15, -0.1) is 4.83 Å². The standard InChI is InChI=1S/C8H10FN3O3S/c1-5(13)11-6-2-3-8(7(9)4-6)16(14,15)12-10/h2-4,12H,10H2,1H3,(H,11,13). The smallest absolute Gasteiger partial charge is 0.255 e. The first-order valence-electron chi connectivity index (χ1n) is 4.16. The van der Waals surface area contributed by atoms with Crippen molar-refractivity contribution in [1.29, 1.82) is 0 Å². The lowest BCUT2D eigenvalue weighted by Crippen LogP contribution is -2.30. The Morgan fingerprint density at radius 1 is 1.44 bits per heavy atom. The molecule has 0 atom stereocenters. The Balaban J connectivity index is 3.15. The van der Waals surface area contributed by atoms with Crippen LogP contribution in [0.1, 0.15) is 6.92 Å². The highest BCUT2D eigenvalue weighted by atomic mass is 32.2. The fourth-order valence-corrected chi connectivity index (χ4v) is 1.75. The van der Waals surface area contributed by atoms with E-state index in [1.807, 2.05) is 0 Å². The van der Waals surface area contributed by atoms with Gasteiger partial charge in [0.15, 0.2) is 0 Å². The molecule has 4 N–H and O–H groups in total. The van der Waals surface area contributed by atoms with Crippen LogP contribution in [0, 0.1) is 5.82 Å². The van der Waals surface area contributed by atoms with Crippen LogP contribution in [0.25, 0.3) is 0 Å². The molecule has 1 amide bonds. The molecule has 0 fully saturated rings. The third-order valence-corrected chi connectivity index (χ3v) is 2.92. The summed E-state index contributed by atoms with van der Waals surface area (Å²) in [5, 5.41) is 2.32. The fourth-order valence-electron chi connectivity index (χ4n) is 1.06. The van der Waals surface area contributed by atoms with E-state index >= 15 is 0 Å². The topological polar surface area (TPSA) is 101 Å². The third kappa shape index (κ3) is 2.75. The highest BCUT2D eigenvalue weighted by Crippen LogP contribution is 2.18. The van der Waals surface area contributed by atoms with Gasteiger partial charge in [-0.25, -0.2) is 12.8 Å². The molecule has 16 heavy (non-hydrogen) atoms. The largest absolute Gasteiger partial charge is 0.326 e. The predicted molar refractivity (Wildman–Crippen MR) is 55.2 cm³/mol. The number of carbonyl (C=O) groups excluding carboxylic acids is 1. The van der Waals surface area contributed by atoms with Gasteiger partial charge in [0, 0.05) is 12.6 Å². The summed E-state index contributed by atoms with van der Waals surface area (Å²) in [5.74, 6) is 3.37. The van der Waals surface area contributed by atoms with Crippen LogP contribution in [0.4, 0.5) is 10.1 Å². The molecular formula is C8H10FN3O3S. The molecule has 0 aliphatic carbocycles. The minimum absolute atomic E-state index is 0.168. The summed E-state index contributed by atoms with van der Waals surface area (Å²) < 4.78 is 35.7. The Bertz CT molecular complexity index is 515. The van der Waals surface area contributed by atoms with Gasteiger partial charge in [-0.2, -0.15) is 0 Å². The summed E-state index contributed by atoms with van der Waals surface area (Å²) in [4.78, 5) is 11.6. The molecule has 0 aliphatic heterocycles. The monoisotopic (exact) mass is 247 g/mol. The van der Waals surface area contributed by atoms with E-state index in [0.29, 0.717) is 0 Å². The molecule has 0 saturated carbocycles. The summed E-state index contributed by atoms with van der Waals surface area (Å²) >= 11 is 0. The zero-order valence-corrected chi connectivity index (χ0v) is 9.14. The van der Waals surface area contributed by atoms with Gasteiger partial charge in [0.05, 0.1) is 0 Å². The van der Waals surface area contributed by atoms with Crippen molar-refractivity contribution in [2.24, 2.45) is 5.84 Å². The van der Waals surface area contributed by atoms with Crippen LogP contribution in [0.15, 0.2) is 23.1 Å². The molecule has 1 aromatic carbocycles. The number of hydrazine groups is 1. The summed E-state index contributed by atoms with van der Waals surface area (Å²) in [5.41, 5.74) is 0.168. The molecule has 1 aromatic rings. The van der Waals surface area contributed by atoms with Gasteiger partial charge >= 0.3 is 0 Å². The van der Waals surface area contributed by atoms with Crippen LogP contribution >= 0.6 is 0 Å². The number of nitrogens with two attached hydrogens (primary N) is 1. The Kier molecular flexibility index (Phi) is 3.58. The van der Waals surface area contributed by atoms with Crippen molar-refractivity contribution in [2.45, 2.75) is 11.8 Å². The first-order chi connectivity index (χ1) is 7.36. The lowest BCUT2D eigenvalue weighted by atomic mass is 10.3. The van der Waals surface area contributed by atoms with Gasteiger partial charge in [-0.3, -0.25) is 10.6 Å². The van der Waals surface area contributed by atoms with Gasteiger partial charge in [-0.05, 0) is 18.2 Å². The highest BCUT2D eigenvalue weighted by molar-refractivity contribution is 7.89. The lowest BCUT2D eigenvalue weighted by molar-refractivity contribution is -0.114. The predicted octanol–water partition coefficient (Wildman–Crippen LogP) is -0.0639. The lowest BCUT2D eigenvalue weighted by Gasteiger charge is -2.06. The van der Waals surface area contributed by atoms with Crippen molar-refractivity contribution >= 4 is 21.6 Å². The number of hydrogen-bond donors (Lipinski definition) is 3. The van der Waals surface area contributed by atoms with Gasteiger partial charge in [0.1, 0.15) is 10.7 Å². The van der Waals surface area contributed by atoms with Crippen molar-refractivity contribution in [3.05, 3.63) is 24.0 Å².